The van der Waals surface area contributed by atoms with Gasteiger partial charge in [-0.25, -0.2) is 0 Å². The topological polar surface area (TPSA) is 85.2 Å². The number of hydrogen-bond donors (Lipinski definition) is 2. The van der Waals surface area contributed by atoms with E-state index in [0.29, 0.717) is 17.3 Å². The molecule has 2 unspecified atom stereocenters. The number of carbonyl (C=O) groups is 1. The Labute approximate surface area is 228 Å². The zero-order valence-electron chi connectivity index (χ0n) is 24.8. The molecule has 0 aromatic carbocycles. The molecule has 2 bridgehead atoms. The molecular formula is C32H50O6. The first-order valence-electron chi connectivity index (χ1n) is 15.4. The van der Waals surface area contributed by atoms with Crippen molar-refractivity contribution in [1.82, 2.24) is 0 Å². The average Bonchev–Trinajstić information content (AvgIpc) is 3.45. The molecule has 7 aliphatic rings. The number of hydrogen-bond acceptors (Lipinski definition) is 6. The summed E-state index contributed by atoms with van der Waals surface area (Å²) in [6.45, 7) is 17.2. The zero-order chi connectivity index (χ0) is 27.5. The Balaban J connectivity index is 1.31. The van der Waals surface area contributed by atoms with Crippen LogP contribution in [0, 0.1) is 50.7 Å². The molecule has 2 N–H and O–H groups in total. The molecule has 5 saturated carbocycles. The van der Waals surface area contributed by atoms with E-state index in [4.69, 9.17) is 14.2 Å². The van der Waals surface area contributed by atoms with Crippen molar-refractivity contribution in [2.45, 2.75) is 143 Å². The summed E-state index contributed by atoms with van der Waals surface area (Å²) < 4.78 is 19.6. The maximum atomic E-state index is 12.7. The lowest BCUT2D eigenvalue weighted by Crippen LogP contribution is -2.71. The van der Waals surface area contributed by atoms with Crippen molar-refractivity contribution in [2.24, 2.45) is 50.7 Å². The summed E-state index contributed by atoms with van der Waals surface area (Å²) in [5, 5.41) is 23.7. The molecular weight excluding hydrogens is 480 g/mol. The van der Waals surface area contributed by atoms with Crippen molar-refractivity contribution >= 4 is 5.97 Å². The van der Waals surface area contributed by atoms with Gasteiger partial charge in [0.2, 0.25) is 0 Å². The van der Waals surface area contributed by atoms with Crippen LogP contribution >= 0.6 is 0 Å². The van der Waals surface area contributed by atoms with E-state index < -0.39 is 23.6 Å². The van der Waals surface area contributed by atoms with Crippen LogP contribution in [0.3, 0.4) is 0 Å². The molecule has 2 heterocycles. The summed E-state index contributed by atoms with van der Waals surface area (Å²) >= 11 is 0. The van der Waals surface area contributed by atoms with Gasteiger partial charge in [-0.05, 0) is 105 Å². The van der Waals surface area contributed by atoms with Gasteiger partial charge in [0.15, 0.2) is 11.9 Å². The fourth-order valence-electron chi connectivity index (χ4n) is 13.1. The van der Waals surface area contributed by atoms with Crippen molar-refractivity contribution in [1.29, 1.82) is 0 Å². The van der Waals surface area contributed by atoms with E-state index in [-0.39, 0.29) is 51.7 Å². The molecule has 0 aromatic rings. The van der Waals surface area contributed by atoms with Crippen molar-refractivity contribution in [3.8, 4) is 0 Å². The average molecular weight is 531 g/mol. The van der Waals surface area contributed by atoms with E-state index in [1.54, 1.807) is 0 Å². The molecule has 2 saturated heterocycles. The maximum Gasteiger partial charge on any atom is 0.303 e. The smallest absolute Gasteiger partial charge is 0.303 e. The van der Waals surface area contributed by atoms with E-state index in [9.17, 15) is 15.0 Å². The molecule has 6 nitrogen and oxygen atoms in total. The highest BCUT2D eigenvalue weighted by Gasteiger charge is 2.87. The number of aliphatic hydroxyl groups is 2. The number of ether oxygens (including phenoxy) is 3. The molecule has 214 valence electrons. The normalized spacial score (nSPS) is 60.9. The number of esters is 1. The van der Waals surface area contributed by atoms with Crippen LogP contribution in [0.1, 0.15) is 107 Å². The molecule has 0 radical (unpaired) electrons. The number of rotatable bonds is 1. The van der Waals surface area contributed by atoms with Gasteiger partial charge in [-0.2, -0.15) is 0 Å². The van der Waals surface area contributed by atoms with E-state index >= 15 is 0 Å². The van der Waals surface area contributed by atoms with Crippen LogP contribution in [-0.4, -0.2) is 52.0 Å². The van der Waals surface area contributed by atoms with E-state index in [0.717, 1.165) is 38.5 Å². The monoisotopic (exact) mass is 530 g/mol. The summed E-state index contributed by atoms with van der Waals surface area (Å²) in [5.74, 6) is -0.0731. The highest BCUT2D eigenvalue weighted by molar-refractivity contribution is 5.66. The summed E-state index contributed by atoms with van der Waals surface area (Å²) in [6.07, 6.45) is 6.87. The Morgan fingerprint density at radius 1 is 0.921 bits per heavy atom. The van der Waals surface area contributed by atoms with Crippen molar-refractivity contribution in [3.63, 3.8) is 0 Å². The van der Waals surface area contributed by atoms with Gasteiger partial charge in [-0.1, -0.05) is 34.6 Å². The van der Waals surface area contributed by atoms with Crippen LogP contribution in [0.5, 0.6) is 0 Å². The van der Waals surface area contributed by atoms with Gasteiger partial charge in [0.25, 0.3) is 0 Å². The Kier molecular flexibility index (Phi) is 4.97. The molecule has 0 aromatic heterocycles. The third-order valence-electron chi connectivity index (χ3n) is 14.6. The Hall–Kier alpha value is -0.690. The molecule has 13 atom stereocenters. The third-order valence-corrected chi connectivity index (χ3v) is 14.6. The number of aliphatic hydroxyl groups excluding tert-OH is 2. The number of fused-ring (bicyclic) bond motifs is 4. The van der Waals surface area contributed by atoms with Gasteiger partial charge in [-0.15, -0.1) is 0 Å². The van der Waals surface area contributed by atoms with Crippen LogP contribution in [0.4, 0.5) is 0 Å². The van der Waals surface area contributed by atoms with E-state index in [1.807, 2.05) is 13.8 Å². The second kappa shape index (κ2) is 7.20. The van der Waals surface area contributed by atoms with Crippen molar-refractivity contribution in [2.75, 3.05) is 0 Å². The predicted octanol–water partition coefficient (Wildman–Crippen LogP) is 5.23. The van der Waals surface area contributed by atoms with Gasteiger partial charge >= 0.3 is 5.97 Å². The summed E-state index contributed by atoms with van der Waals surface area (Å²) in [6, 6.07) is 0. The van der Waals surface area contributed by atoms with Crippen molar-refractivity contribution < 1.29 is 29.2 Å². The predicted molar refractivity (Wildman–Crippen MR) is 142 cm³/mol. The minimum atomic E-state index is -1.08. The Bertz CT molecular complexity index is 1070. The summed E-state index contributed by atoms with van der Waals surface area (Å²) in [7, 11) is 0. The Morgan fingerprint density at radius 3 is 2.26 bits per heavy atom. The molecule has 2 aliphatic heterocycles. The van der Waals surface area contributed by atoms with Gasteiger partial charge in [0.1, 0.15) is 17.8 Å². The quantitative estimate of drug-likeness (QED) is 0.452. The van der Waals surface area contributed by atoms with Crippen molar-refractivity contribution in [3.05, 3.63) is 0 Å². The van der Waals surface area contributed by atoms with Crippen LogP contribution in [0.15, 0.2) is 0 Å². The molecule has 7 rings (SSSR count). The molecule has 7 fully saturated rings. The first kappa shape index (κ1) is 26.2. The summed E-state index contributed by atoms with van der Waals surface area (Å²) in [4.78, 5) is 12.0. The molecule has 0 amide bonds. The van der Waals surface area contributed by atoms with Crippen LogP contribution in [0.25, 0.3) is 0 Å². The first-order chi connectivity index (χ1) is 17.5. The fraction of sp³-hybridized carbons (Fsp3) is 0.969. The van der Waals surface area contributed by atoms with Crippen LogP contribution in [-0.2, 0) is 19.0 Å². The summed E-state index contributed by atoms with van der Waals surface area (Å²) in [5.41, 5.74) is -0.707. The van der Waals surface area contributed by atoms with Gasteiger partial charge in [0, 0.05) is 18.3 Å². The lowest BCUT2D eigenvalue weighted by atomic mass is 9.41. The van der Waals surface area contributed by atoms with E-state index in [2.05, 4.69) is 34.6 Å². The zero-order valence-corrected chi connectivity index (χ0v) is 24.8. The largest absolute Gasteiger partial charge is 0.457 e. The third kappa shape index (κ3) is 2.61. The lowest BCUT2D eigenvalue weighted by Gasteiger charge is -2.63. The molecule has 5 aliphatic carbocycles. The van der Waals surface area contributed by atoms with Gasteiger partial charge in [0.05, 0.1) is 6.10 Å². The fourth-order valence-corrected chi connectivity index (χ4v) is 13.1. The van der Waals surface area contributed by atoms with Gasteiger partial charge in [-0.3, -0.25) is 4.79 Å². The number of carbonyl (C=O) groups excluding carboxylic acids is 1. The highest BCUT2D eigenvalue weighted by atomic mass is 16.8. The highest BCUT2D eigenvalue weighted by Crippen LogP contribution is 2.90. The van der Waals surface area contributed by atoms with Crippen LogP contribution < -0.4 is 0 Å². The van der Waals surface area contributed by atoms with Crippen LogP contribution in [0.2, 0.25) is 0 Å². The minimum absolute atomic E-state index is 0.0532. The second-order valence-electron chi connectivity index (χ2n) is 16.5. The minimum Gasteiger partial charge on any atom is -0.457 e. The maximum absolute atomic E-state index is 12.7. The Morgan fingerprint density at radius 2 is 1.58 bits per heavy atom. The lowest BCUT2D eigenvalue weighted by molar-refractivity contribution is -0.430. The second-order valence-corrected chi connectivity index (χ2v) is 16.5. The van der Waals surface area contributed by atoms with E-state index in [1.165, 1.54) is 19.8 Å². The molecule has 6 heteroatoms. The standard InChI is InChI=1S/C32H50O6/c1-17-15-19-24(36-18(2)33)27(5,6)38-32(37-19)23(17)28(7)13-14-31-16-30(31)12-11-22(34)26(3,4)20(30)9-10-21(31)29(28,8)25(32)35/h17,19-25,34-35H,9-16H2,1-8H3/t17?,19-,20+,21+,22+,23?,24+,25-,28-,29-,30-,31+,32+/m1/s1. The SMILES string of the molecule is CC(=O)O[C@H]1[C@H]2CC(C)C3[C@](O2)(OC1(C)C)[C@H](O)[C@@]1(C)[C@@H]2CC[C@H]4C(C)(C)[C@@H](O)CC[C@@]45C[C@@]25CC[C@]31C. The molecule has 38 heavy (non-hydrogen) atoms. The first-order valence-corrected chi connectivity index (χ1v) is 15.4. The molecule has 3 spiro atoms. The van der Waals surface area contributed by atoms with Gasteiger partial charge < -0.3 is 24.4 Å².